The van der Waals surface area contributed by atoms with Crippen LogP contribution in [0.1, 0.15) is 28.5 Å². The van der Waals surface area contributed by atoms with Gasteiger partial charge in [-0.15, -0.1) is 11.3 Å². The summed E-state index contributed by atoms with van der Waals surface area (Å²) in [5.41, 5.74) is -0.313. The van der Waals surface area contributed by atoms with Crippen LogP contribution in [0.2, 0.25) is 0 Å². The van der Waals surface area contributed by atoms with Gasteiger partial charge in [0.2, 0.25) is 5.91 Å². The fraction of sp³-hybridized carbons (Fsp3) is 0.294. The SMILES string of the molecule is COC(=O)CC(NC(=O)Cc1ccc(C(F)(F)F)cc1)c1cccs1. The molecule has 134 valence electrons. The van der Waals surface area contributed by atoms with Crippen molar-refractivity contribution < 1.29 is 27.5 Å². The van der Waals surface area contributed by atoms with Gasteiger partial charge < -0.3 is 10.1 Å². The quantitative estimate of drug-likeness (QED) is 0.788. The number of amides is 1. The Morgan fingerprint density at radius 2 is 1.88 bits per heavy atom. The third kappa shape index (κ3) is 5.60. The van der Waals surface area contributed by atoms with Gasteiger partial charge in [-0.05, 0) is 29.1 Å². The van der Waals surface area contributed by atoms with Gasteiger partial charge in [-0.25, -0.2) is 0 Å². The second-order valence-corrected chi connectivity index (χ2v) is 6.27. The van der Waals surface area contributed by atoms with Gasteiger partial charge in [-0.3, -0.25) is 9.59 Å². The Labute approximate surface area is 146 Å². The molecule has 1 unspecified atom stereocenters. The average molecular weight is 371 g/mol. The van der Waals surface area contributed by atoms with E-state index in [-0.39, 0.29) is 18.7 Å². The predicted molar refractivity (Wildman–Crippen MR) is 87.0 cm³/mol. The van der Waals surface area contributed by atoms with Crippen LogP contribution in [0.3, 0.4) is 0 Å². The summed E-state index contributed by atoms with van der Waals surface area (Å²) in [6.07, 6.45) is -4.51. The van der Waals surface area contributed by atoms with Gasteiger partial charge in [0, 0.05) is 4.88 Å². The fourth-order valence-electron chi connectivity index (χ4n) is 2.20. The summed E-state index contributed by atoms with van der Waals surface area (Å²) in [7, 11) is 1.26. The van der Waals surface area contributed by atoms with Crippen LogP contribution < -0.4 is 5.32 Å². The highest BCUT2D eigenvalue weighted by atomic mass is 32.1. The minimum atomic E-state index is -4.41. The first-order valence-corrected chi connectivity index (χ1v) is 8.23. The molecule has 1 aromatic heterocycles. The second-order valence-electron chi connectivity index (χ2n) is 5.29. The lowest BCUT2D eigenvalue weighted by Gasteiger charge is -2.16. The number of thiophene rings is 1. The molecule has 25 heavy (non-hydrogen) atoms. The van der Waals surface area contributed by atoms with E-state index >= 15 is 0 Å². The molecule has 0 saturated heterocycles. The Morgan fingerprint density at radius 1 is 1.20 bits per heavy atom. The molecule has 0 aliphatic carbocycles. The van der Waals surface area contributed by atoms with E-state index in [9.17, 15) is 22.8 Å². The summed E-state index contributed by atoms with van der Waals surface area (Å²) >= 11 is 1.39. The molecule has 1 N–H and O–H groups in total. The Bertz CT molecular complexity index is 712. The van der Waals surface area contributed by atoms with Crippen molar-refractivity contribution in [2.45, 2.75) is 25.1 Å². The van der Waals surface area contributed by atoms with E-state index in [2.05, 4.69) is 10.1 Å². The molecule has 4 nitrogen and oxygen atoms in total. The molecule has 0 bridgehead atoms. The number of hydrogen-bond acceptors (Lipinski definition) is 4. The van der Waals surface area contributed by atoms with Gasteiger partial charge in [0.05, 0.1) is 31.6 Å². The highest BCUT2D eigenvalue weighted by Crippen LogP contribution is 2.29. The maximum Gasteiger partial charge on any atom is 0.416 e. The highest BCUT2D eigenvalue weighted by Gasteiger charge is 2.30. The standard InChI is InChI=1S/C17H16F3NO3S/c1-24-16(23)10-13(14-3-2-8-25-14)21-15(22)9-11-4-6-12(7-5-11)17(18,19)20/h2-8,13H,9-10H2,1H3,(H,21,22). The van der Waals surface area contributed by atoms with Crippen molar-refractivity contribution in [2.75, 3.05) is 7.11 Å². The van der Waals surface area contributed by atoms with Crippen LogP contribution in [0.25, 0.3) is 0 Å². The molecule has 0 aliphatic rings. The van der Waals surface area contributed by atoms with E-state index in [4.69, 9.17) is 0 Å². The van der Waals surface area contributed by atoms with E-state index in [1.807, 2.05) is 5.38 Å². The largest absolute Gasteiger partial charge is 0.469 e. The predicted octanol–water partition coefficient (Wildman–Crippen LogP) is 3.73. The minimum Gasteiger partial charge on any atom is -0.469 e. The van der Waals surface area contributed by atoms with E-state index in [0.717, 1.165) is 17.0 Å². The van der Waals surface area contributed by atoms with Crippen molar-refractivity contribution in [2.24, 2.45) is 0 Å². The van der Waals surface area contributed by atoms with Crippen molar-refractivity contribution >= 4 is 23.2 Å². The normalized spacial score (nSPS) is 12.5. The van der Waals surface area contributed by atoms with Crippen molar-refractivity contribution in [1.82, 2.24) is 5.32 Å². The molecule has 0 fully saturated rings. The first-order valence-electron chi connectivity index (χ1n) is 7.35. The molecule has 1 atom stereocenters. The number of esters is 1. The highest BCUT2D eigenvalue weighted by molar-refractivity contribution is 7.10. The molecule has 2 aromatic rings. The van der Waals surface area contributed by atoms with Crippen LogP contribution >= 0.6 is 11.3 Å². The Morgan fingerprint density at radius 3 is 2.40 bits per heavy atom. The van der Waals surface area contributed by atoms with Crippen LogP contribution in [0.15, 0.2) is 41.8 Å². The summed E-state index contributed by atoms with van der Waals surface area (Å²) in [6.45, 7) is 0. The van der Waals surface area contributed by atoms with Crippen molar-refractivity contribution in [1.29, 1.82) is 0 Å². The molecule has 1 amide bonds. The maximum absolute atomic E-state index is 12.5. The molecule has 0 saturated carbocycles. The first-order chi connectivity index (χ1) is 11.8. The molecular formula is C17H16F3NO3S. The van der Waals surface area contributed by atoms with Gasteiger partial charge in [-0.1, -0.05) is 18.2 Å². The maximum atomic E-state index is 12.5. The molecule has 1 aromatic carbocycles. The number of methoxy groups -OCH3 is 1. The molecule has 0 spiro atoms. The fourth-order valence-corrected chi connectivity index (χ4v) is 2.98. The zero-order valence-corrected chi connectivity index (χ0v) is 14.1. The summed E-state index contributed by atoms with van der Waals surface area (Å²) in [6, 6.07) is 7.46. The summed E-state index contributed by atoms with van der Waals surface area (Å²) in [4.78, 5) is 24.5. The number of carbonyl (C=O) groups excluding carboxylic acids is 2. The van der Waals surface area contributed by atoms with Crippen LogP contribution in [-0.2, 0) is 26.9 Å². The molecular weight excluding hydrogens is 355 g/mol. The summed E-state index contributed by atoms with van der Waals surface area (Å²) in [5, 5.41) is 4.55. The van der Waals surface area contributed by atoms with Gasteiger partial charge in [-0.2, -0.15) is 13.2 Å². The molecule has 0 aliphatic heterocycles. The van der Waals surface area contributed by atoms with E-state index in [1.54, 1.807) is 12.1 Å². The zero-order valence-electron chi connectivity index (χ0n) is 13.3. The number of carbonyl (C=O) groups is 2. The van der Waals surface area contributed by atoms with Crippen LogP contribution in [-0.4, -0.2) is 19.0 Å². The number of nitrogens with one attached hydrogen (secondary N) is 1. The van der Waals surface area contributed by atoms with Crippen molar-refractivity contribution in [3.8, 4) is 0 Å². The minimum absolute atomic E-state index is 0.0181. The van der Waals surface area contributed by atoms with Crippen molar-refractivity contribution in [3.63, 3.8) is 0 Å². The zero-order chi connectivity index (χ0) is 18.4. The molecule has 0 radical (unpaired) electrons. The van der Waals surface area contributed by atoms with Crippen molar-refractivity contribution in [3.05, 3.63) is 57.8 Å². The van der Waals surface area contributed by atoms with E-state index in [0.29, 0.717) is 5.56 Å². The number of benzene rings is 1. The number of ether oxygens (including phenoxy) is 1. The number of rotatable bonds is 6. The lowest BCUT2D eigenvalue weighted by atomic mass is 10.1. The smallest absolute Gasteiger partial charge is 0.416 e. The van der Waals surface area contributed by atoms with E-state index < -0.39 is 23.8 Å². The molecule has 2 rings (SSSR count). The summed E-state index contributed by atoms with van der Waals surface area (Å²) in [5.74, 6) is -0.852. The van der Waals surface area contributed by atoms with Crippen LogP contribution in [0, 0.1) is 0 Å². The van der Waals surface area contributed by atoms with Gasteiger partial charge in [0.1, 0.15) is 0 Å². The average Bonchev–Trinajstić information content (AvgIpc) is 3.08. The van der Waals surface area contributed by atoms with Crippen LogP contribution in [0.5, 0.6) is 0 Å². The number of halogens is 3. The Hall–Kier alpha value is -2.35. The third-order valence-corrected chi connectivity index (χ3v) is 4.45. The third-order valence-electron chi connectivity index (χ3n) is 3.47. The van der Waals surface area contributed by atoms with Gasteiger partial charge in [0.15, 0.2) is 0 Å². The Kier molecular flexibility index (Phi) is 6.19. The first kappa shape index (κ1) is 19.0. The monoisotopic (exact) mass is 371 g/mol. The van der Waals surface area contributed by atoms with Gasteiger partial charge >= 0.3 is 12.1 Å². The molecule has 8 heteroatoms. The number of hydrogen-bond donors (Lipinski definition) is 1. The van der Waals surface area contributed by atoms with E-state index in [1.165, 1.54) is 30.6 Å². The Balaban J connectivity index is 2.02. The molecule has 1 heterocycles. The lowest BCUT2D eigenvalue weighted by Crippen LogP contribution is -2.31. The second kappa shape index (κ2) is 8.15. The van der Waals surface area contributed by atoms with Crippen LogP contribution in [0.4, 0.5) is 13.2 Å². The number of alkyl halides is 3. The lowest BCUT2D eigenvalue weighted by molar-refractivity contribution is -0.141. The topological polar surface area (TPSA) is 55.4 Å². The van der Waals surface area contributed by atoms with Gasteiger partial charge in [0.25, 0.3) is 0 Å². The summed E-state index contributed by atoms with van der Waals surface area (Å²) < 4.78 is 42.3.